The molecule has 0 aliphatic carbocycles. The number of fused-ring (bicyclic) bond motifs is 1. The summed E-state index contributed by atoms with van der Waals surface area (Å²) in [6.07, 6.45) is 14.3. The summed E-state index contributed by atoms with van der Waals surface area (Å²) in [6.45, 7) is 5.91. The standard InChI is InChI=1S/C27H41NO5/c1-3-5-7-9-11-13-17-28(18-14-12-10-8-6-4-2)26(30)21-32-22-15-16-23-24(29)20-27(31)33-25(23)19-22/h15-16,19-20,29H,3-14,17-18,21H2,1-2H3. The number of aromatic hydroxyl groups is 1. The lowest BCUT2D eigenvalue weighted by Crippen LogP contribution is -2.36. The van der Waals surface area contributed by atoms with Crippen molar-refractivity contribution in [1.82, 2.24) is 4.90 Å². The molecule has 0 aliphatic rings. The molecule has 0 radical (unpaired) electrons. The van der Waals surface area contributed by atoms with Gasteiger partial charge in [0.1, 0.15) is 17.1 Å². The van der Waals surface area contributed by atoms with Gasteiger partial charge in [-0.05, 0) is 25.0 Å². The van der Waals surface area contributed by atoms with Crippen molar-refractivity contribution in [3.63, 3.8) is 0 Å². The second-order valence-corrected chi connectivity index (χ2v) is 8.81. The molecular weight excluding hydrogens is 418 g/mol. The molecule has 1 aromatic heterocycles. The Balaban J connectivity index is 1.88. The highest BCUT2D eigenvalue weighted by molar-refractivity contribution is 5.84. The van der Waals surface area contributed by atoms with Gasteiger partial charge in [0.2, 0.25) is 0 Å². The van der Waals surface area contributed by atoms with Gasteiger partial charge in [-0.3, -0.25) is 4.79 Å². The van der Waals surface area contributed by atoms with Crippen LogP contribution in [-0.4, -0.2) is 35.6 Å². The first-order valence-corrected chi connectivity index (χ1v) is 12.7. The smallest absolute Gasteiger partial charge is 0.339 e. The molecule has 0 fully saturated rings. The summed E-state index contributed by atoms with van der Waals surface area (Å²) in [7, 11) is 0. The van der Waals surface area contributed by atoms with E-state index in [0.29, 0.717) is 11.1 Å². The molecule has 184 valence electrons. The zero-order chi connectivity index (χ0) is 23.9. The average molecular weight is 460 g/mol. The quantitative estimate of drug-likeness (QED) is 0.218. The SMILES string of the molecule is CCCCCCCCN(CCCCCCCC)C(=O)COc1ccc2c(O)cc(=O)oc2c1. The summed E-state index contributed by atoms with van der Waals surface area (Å²) in [4.78, 5) is 26.4. The lowest BCUT2D eigenvalue weighted by Gasteiger charge is -2.23. The topological polar surface area (TPSA) is 80.0 Å². The summed E-state index contributed by atoms with van der Waals surface area (Å²) >= 11 is 0. The Labute approximate surface area is 197 Å². The second kappa shape index (κ2) is 15.4. The summed E-state index contributed by atoms with van der Waals surface area (Å²) in [5, 5.41) is 10.3. The molecule has 1 heterocycles. The zero-order valence-electron chi connectivity index (χ0n) is 20.4. The fourth-order valence-corrected chi connectivity index (χ4v) is 3.98. The summed E-state index contributed by atoms with van der Waals surface area (Å²) in [5.74, 6) is 0.284. The van der Waals surface area contributed by atoms with E-state index < -0.39 is 5.63 Å². The Morgan fingerprint density at radius 3 is 2.06 bits per heavy atom. The number of carbonyl (C=O) groups excluding carboxylic acids is 1. The van der Waals surface area contributed by atoms with E-state index in [1.807, 2.05) is 4.90 Å². The van der Waals surface area contributed by atoms with E-state index in [0.717, 1.165) is 44.8 Å². The van der Waals surface area contributed by atoms with Crippen LogP contribution in [0, 0.1) is 0 Å². The molecule has 33 heavy (non-hydrogen) atoms. The van der Waals surface area contributed by atoms with Gasteiger partial charge >= 0.3 is 5.63 Å². The largest absolute Gasteiger partial charge is 0.507 e. The van der Waals surface area contributed by atoms with Crippen molar-refractivity contribution < 1.29 is 19.1 Å². The molecule has 2 aromatic rings. The fraction of sp³-hybridized carbons (Fsp3) is 0.630. The van der Waals surface area contributed by atoms with Crippen LogP contribution in [0.4, 0.5) is 0 Å². The Morgan fingerprint density at radius 2 is 1.45 bits per heavy atom. The van der Waals surface area contributed by atoms with Gasteiger partial charge in [0.05, 0.1) is 11.5 Å². The van der Waals surface area contributed by atoms with Gasteiger partial charge in [-0.25, -0.2) is 4.79 Å². The zero-order valence-corrected chi connectivity index (χ0v) is 20.4. The van der Waals surface area contributed by atoms with Gasteiger partial charge in [-0.15, -0.1) is 0 Å². The molecule has 0 saturated carbocycles. The van der Waals surface area contributed by atoms with Crippen LogP contribution in [0.15, 0.2) is 33.5 Å². The molecule has 0 spiro atoms. The number of ether oxygens (including phenoxy) is 1. The average Bonchev–Trinajstić information content (AvgIpc) is 2.80. The molecule has 0 aliphatic heterocycles. The molecule has 1 aromatic carbocycles. The first-order valence-electron chi connectivity index (χ1n) is 12.7. The highest BCUT2D eigenvalue weighted by Gasteiger charge is 2.14. The number of amides is 1. The van der Waals surface area contributed by atoms with Crippen LogP contribution in [0.1, 0.15) is 90.9 Å². The van der Waals surface area contributed by atoms with Crippen molar-refractivity contribution in [2.45, 2.75) is 90.9 Å². The molecule has 0 unspecified atom stereocenters. The third-order valence-electron chi connectivity index (χ3n) is 5.97. The molecule has 6 nitrogen and oxygen atoms in total. The Hall–Kier alpha value is -2.50. The van der Waals surface area contributed by atoms with Gasteiger partial charge in [0.25, 0.3) is 5.91 Å². The third-order valence-corrected chi connectivity index (χ3v) is 5.97. The molecule has 2 rings (SSSR count). The number of hydrogen-bond donors (Lipinski definition) is 1. The van der Waals surface area contributed by atoms with E-state index in [4.69, 9.17) is 9.15 Å². The number of nitrogens with zero attached hydrogens (tertiary/aromatic N) is 1. The highest BCUT2D eigenvalue weighted by atomic mass is 16.5. The van der Waals surface area contributed by atoms with Crippen LogP contribution in [0.2, 0.25) is 0 Å². The molecule has 0 atom stereocenters. The lowest BCUT2D eigenvalue weighted by atomic mass is 10.1. The minimum absolute atomic E-state index is 0.0189. The molecule has 1 N–H and O–H groups in total. The number of benzene rings is 1. The molecular formula is C27H41NO5. The van der Waals surface area contributed by atoms with Gasteiger partial charge in [0, 0.05) is 19.2 Å². The minimum atomic E-state index is -0.628. The van der Waals surface area contributed by atoms with Crippen LogP contribution in [0.5, 0.6) is 11.5 Å². The molecule has 0 saturated heterocycles. The number of rotatable bonds is 17. The van der Waals surface area contributed by atoms with E-state index in [-0.39, 0.29) is 23.8 Å². The van der Waals surface area contributed by atoms with E-state index >= 15 is 0 Å². The maximum atomic E-state index is 12.9. The van der Waals surface area contributed by atoms with E-state index in [9.17, 15) is 14.7 Å². The van der Waals surface area contributed by atoms with Crippen molar-refractivity contribution in [3.8, 4) is 11.5 Å². The predicted molar refractivity (Wildman–Crippen MR) is 133 cm³/mol. The first kappa shape index (κ1) is 26.7. The predicted octanol–water partition coefficient (Wildman–Crippen LogP) is 6.43. The van der Waals surface area contributed by atoms with Crippen molar-refractivity contribution in [2.24, 2.45) is 0 Å². The van der Waals surface area contributed by atoms with Crippen LogP contribution in [0.3, 0.4) is 0 Å². The monoisotopic (exact) mass is 459 g/mol. The van der Waals surface area contributed by atoms with E-state index in [2.05, 4.69) is 13.8 Å². The van der Waals surface area contributed by atoms with Crippen LogP contribution < -0.4 is 10.4 Å². The Morgan fingerprint density at radius 1 is 0.879 bits per heavy atom. The van der Waals surface area contributed by atoms with Crippen LogP contribution in [0.25, 0.3) is 11.0 Å². The number of unbranched alkanes of at least 4 members (excludes halogenated alkanes) is 10. The van der Waals surface area contributed by atoms with Gasteiger partial charge < -0.3 is 19.2 Å². The summed E-state index contributed by atoms with van der Waals surface area (Å²) in [5.41, 5.74) is -0.391. The van der Waals surface area contributed by atoms with Crippen molar-refractivity contribution in [3.05, 3.63) is 34.7 Å². The maximum Gasteiger partial charge on any atom is 0.339 e. The number of hydrogen-bond acceptors (Lipinski definition) is 5. The van der Waals surface area contributed by atoms with Gasteiger partial charge in [-0.1, -0.05) is 78.1 Å². The maximum absolute atomic E-state index is 12.9. The Kier molecular flexibility index (Phi) is 12.4. The molecule has 1 amide bonds. The first-order chi connectivity index (χ1) is 16.0. The normalized spacial score (nSPS) is 11.1. The number of carbonyl (C=O) groups is 1. The Bertz CT molecular complexity index is 876. The van der Waals surface area contributed by atoms with Crippen molar-refractivity contribution >= 4 is 16.9 Å². The van der Waals surface area contributed by atoms with Crippen molar-refractivity contribution in [2.75, 3.05) is 19.7 Å². The van der Waals surface area contributed by atoms with Crippen molar-refractivity contribution in [1.29, 1.82) is 0 Å². The minimum Gasteiger partial charge on any atom is -0.507 e. The molecule has 0 bridgehead atoms. The van der Waals surface area contributed by atoms with E-state index in [1.165, 1.54) is 57.4 Å². The summed E-state index contributed by atoms with van der Waals surface area (Å²) in [6, 6.07) is 5.86. The van der Waals surface area contributed by atoms with Gasteiger partial charge in [-0.2, -0.15) is 0 Å². The summed E-state index contributed by atoms with van der Waals surface area (Å²) < 4.78 is 10.9. The lowest BCUT2D eigenvalue weighted by molar-refractivity contribution is -0.133. The molecule has 6 heteroatoms. The fourth-order valence-electron chi connectivity index (χ4n) is 3.98. The van der Waals surface area contributed by atoms with Gasteiger partial charge in [0.15, 0.2) is 6.61 Å². The third kappa shape index (κ3) is 9.89. The second-order valence-electron chi connectivity index (χ2n) is 8.81. The van der Waals surface area contributed by atoms with Crippen LogP contribution in [-0.2, 0) is 4.79 Å². The van der Waals surface area contributed by atoms with Crippen LogP contribution >= 0.6 is 0 Å². The van der Waals surface area contributed by atoms with E-state index in [1.54, 1.807) is 12.1 Å². The highest BCUT2D eigenvalue weighted by Crippen LogP contribution is 2.26.